The summed E-state index contributed by atoms with van der Waals surface area (Å²) in [6.07, 6.45) is -5.39. The van der Waals surface area contributed by atoms with Crippen LogP contribution < -0.4 is 9.62 Å². The van der Waals surface area contributed by atoms with Gasteiger partial charge in [-0.2, -0.15) is 21.6 Å². The number of ketones is 1. The monoisotopic (exact) mass is 548 g/mol. The molecule has 7 nitrogen and oxygen atoms in total. The maximum Gasteiger partial charge on any atom is 0.418 e. The summed E-state index contributed by atoms with van der Waals surface area (Å²) in [5, 5.41) is -0.345. The number of hydrogen-bond donors (Lipinski definition) is 1. The lowest BCUT2D eigenvalue weighted by Crippen LogP contribution is -2.28. The Morgan fingerprint density at radius 2 is 1.87 bits per heavy atom. The number of nitrogens with one attached hydrogen (secondary N) is 1. The van der Waals surface area contributed by atoms with Crippen LogP contribution in [0.25, 0.3) is 11.3 Å². The first-order valence-electron chi connectivity index (χ1n) is 13.3. The predicted octanol–water partition coefficient (Wildman–Crippen LogP) is 5.87. The van der Waals surface area contributed by atoms with Crippen molar-refractivity contribution >= 4 is 27.4 Å². The fourth-order valence-electron chi connectivity index (χ4n) is 4.20. The summed E-state index contributed by atoms with van der Waals surface area (Å²) < 4.78 is 88.1. The normalized spacial score (nSPS) is 20.5. The van der Waals surface area contributed by atoms with Crippen molar-refractivity contribution in [2.45, 2.75) is 56.6 Å². The van der Waals surface area contributed by atoms with Crippen molar-refractivity contribution in [1.82, 2.24) is 9.97 Å². The molecular formula is C27H29F3N4O3S. The van der Waals surface area contributed by atoms with Gasteiger partial charge in [0.15, 0.2) is 5.03 Å². The molecule has 0 spiro atoms. The Morgan fingerprint density at radius 1 is 1.08 bits per heavy atom. The van der Waals surface area contributed by atoms with Crippen LogP contribution in [0.15, 0.2) is 59.6 Å². The highest BCUT2D eigenvalue weighted by atomic mass is 32.2. The van der Waals surface area contributed by atoms with Gasteiger partial charge in [0.05, 0.1) is 11.3 Å². The van der Waals surface area contributed by atoms with Gasteiger partial charge in [-0.05, 0) is 62.4 Å². The molecule has 0 saturated heterocycles. The molecule has 2 atom stereocenters. The number of sulfonamides is 1. The zero-order valence-corrected chi connectivity index (χ0v) is 21.5. The van der Waals surface area contributed by atoms with Gasteiger partial charge in [-0.25, -0.2) is 9.97 Å². The third-order valence-corrected chi connectivity index (χ3v) is 7.27. The number of hydrogen-bond acceptors (Lipinski definition) is 6. The highest BCUT2D eigenvalue weighted by Gasteiger charge is 2.35. The number of carbonyl (C=O) groups excluding carboxylic acids is 1. The summed E-state index contributed by atoms with van der Waals surface area (Å²) in [6.45, 7) is 2.29. The van der Waals surface area contributed by atoms with E-state index in [2.05, 4.69) is 14.7 Å². The number of fused-ring (bicyclic) bond motifs is 6. The Bertz CT molecular complexity index is 1490. The minimum absolute atomic E-state index is 0.00574. The Balaban J connectivity index is 1.85. The standard InChI is InChI=1S/C27H29F3N4O3S/c1-19(35)9-8-18-34-17-6-2-3-10-20-11-4-5-12-21(20)26-22(27(28,29)30)15-16-23(31-26)33-38(36,37)25-14-7-13-24(34)32-25/h4-5,7,11-16H,2-3,6,8-10,17-18H2,1H3,(H,31,33)/i3D,10D. The minimum atomic E-state index is -4.80. The van der Waals surface area contributed by atoms with Crippen LogP contribution in [0.3, 0.4) is 0 Å². The van der Waals surface area contributed by atoms with Gasteiger partial charge in [0.25, 0.3) is 10.0 Å². The van der Waals surface area contributed by atoms with Gasteiger partial charge in [-0.3, -0.25) is 4.72 Å². The second-order valence-corrected chi connectivity index (χ2v) is 10.6. The number of nitrogens with zero attached hydrogens (tertiary/aromatic N) is 3. The Kier molecular flexibility index (Phi) is 7.52. The smallest absolute Gasteiger partial charge is 0.357 e. The average Bonchev–Trinajstić information content (AvgIpc) is 2.90. The molecule has 1 N–H and O–H groups in total. The van der Waals surface area contributed by atoms with E-state index >= 15 is 0 Å². The molecule has 1 aliphatic heterocycles. The first-order valence-corrected chi connectivity index (χ1v) is 13.6. The molecule has 2 aromatic heterocycles. The first-order chi connectivity index (χ1) is 18.9. The first kappa shape index (κ1) is 24.8. The topological polar surface area (TPSA) is 92.3 Å². The predicted molar refractivity (Wildman–Crippen MR) is 139 cm³/mol. The van der Waals surface area contributed by atoms with Crippen molar-refractivity contribution in [2.24, 2.45) is 0 Å². The highest BCUT2D eigenvalue weighted by Crippen LogP contribution is 2.38. The van der Waals surface area contributed by atoms with Crippen molar-refractivity contribution in [3.05, 3.63) is 65.7 Å². The number of rotatable bonds is 4. The number of aromatic nitrogens is 2. The number of aryl methyl sites for hydroxylation is 1. The van der Waals surface area contributed by atoms with E-state index < -0.39 is 40.3 Å². The van der Waals surface area contributed by atoms with Crippen molar-refractivity contribution < 1.29 is 29.1 Å². The molecule has 3 aromatic rings. The number of benzene rings is 1. The van der Waals surface area contributed by atoms with Crippen molar-refractivity contribution in [3.63, 3.8) is 0 Å². The van der Waals surface area contributed by atoms with E-state index in [9.17, 15) is 26.4 Å². The van der Waals surface area contributed by atoms with E-state index in [1.54, 1.807) is 12.1 Å². The van der Waals surface area contributed by atoms with Gasteiger partial charge < -0.3 is 9.69 Å². The average molecular weight is 549 g/mol. The fraction of sp³-hybridized carbons (Fsp3) is 0.370. The zero-order chi connectivity index (χ0) is 29.1. The molecule has 0 aliphatic carbocycles. The summed E-state index contributed by atoms with van der Waals surface area (Å²) in [7, 11) is -4.34. The molecule has 0 fully saturated rings. The quantitative estimate of drug-likeness (QED) is 0.439. The van der Waals surface area contributed by atoms with Crippen molar-refractivity contribution in [2.75, 3.05) is 22.7 Å². The lowest BCUT2D eigenvalue weighted by atomic mass is 9.96. The molecule has 1 aliphatic rings. The Hall–Kier alpha value is -3.47. The number of pyridine rings is 2. The molecule has 0 amide bonds. The van der Waals surface area contributed by atoms with E-state index in [1.807, 2.05) is 4.90 Å². The molecule has 4 rings (SSSR count). The van der Waals surface area contributed by atoms with Crippen LogP contribution in [0.2, 0.25) is 0 Å². The van der Waals surface area contributed by atoms with Crippen LogP contribution in [-0.4, -0.2) is 37.3 Å². The maximum absolute atomic E-state index is 14.0. The lowest BCUT2D eigenvalue weighted by molar-refractivity contribution is -0.137. The van der Waals surface area contributed by atoms with Gasteiger partial charge in [0, 0.05) is 27.8 Å². The van der Waals surface area contributed by atoms with E-state index in [1.165, 1.54) is 37.3 Å². The van der Waals surface area contributed by atoms with Crippen LogP contribution in [0.1, 0.15) is 52.9 Å². The van der Waals surface area contributed by atoms with Crippen molar-refractivity contribution in [1.29, 1.82) is 0 Å². The summed E-state index contributed by atoms with van der Waals surface area (Å²) in [5.41, 5.74) is -1.42. The second kappa shape index (κ2) is 11.5. The molecule has 2 unspecified atom stereocenters. The highest BCUT2D eigenvalue weighted by molar-refractivity contribution is 7.92. The fourth-order valence-corrected chi connectivity index (χ4v) is 5.16. The molecule has 0 radical (unpaired) electrons. The molecule has 1 aromatic carbocycles. The Morgan fingerprint density at radius 3 is 2.63 bits per heavy atom. The van der Waals surface area contributed by atoms with Gasteiger partial charge in [0.2, 0.25) is 0 Å². The van der Waals surface area contributed by atoms with E-state index in [0.29, 0.717) is 38.2 Å². The molecule has 3 heterocycles. The summed E-state index contributed by atoms with van der Waals surface area (Å²) in [5.74, 6) is 0.0153. The minimum Gasteiger partial charge on any atom is -0.357 e. The molecule has 202 valence electrons. The maximum atomic E-state index is 14.0. The van der Waals surface area contributed by atoms with Gasteiger partial charge >= 0.3 is 6.18 Å². The van der Waals surface area contributed by atoms with Gasteiger partial charge in [-0.1, -0.05) is 36.8 Å². The van der Waals surface area contributed by atoms with Crippen LogP contribution in [0, 0.1) is 0 Å². The van der Waals surface area contributed by atoms with Crippen molar-refractivity contribution in [3.8, 4) is 11.3 Å². The third-order valence-electron chi connectivity index (χ3n) is 6.02. The number of alkyl halides is 3. The number of carbonyl (C=O) groups is 1. The van der Waals surface area contributed by atoms with Crippen LogP contribution in [0.4, 0.5) is 24.8 Å². The Labute approximate surface area is 223 Å². The zero-order valence-electron chi connectivity index (χ0n) is 22.7. The molecule has 0 saturated carbocycles. The number of halogens is 3. The number of Topliss-reactive ketones (excluding diaryl/α,β-unsaturated/α-hetero) is 1. The summed E-state index contributed by atoms with van der Waals surface area (Å²) in [6, 6.07) is 12.1. The SMILES string of the molecule is [2H]C1CCCN(CCCC(C)=O)c2cccc(n2)S(=O)(=O)Nc2ccc(C(F)(F)F)c(n2)-c2ccccc2C1[2H]. The number of anilines is 2. The third kappa shape index (κ3) is 6.69. The van der Waals surface area contributed by atoms with Gasteiger partial charge in [0.1, 0.15) is 17.4 Å². The molecule has 11 heteroatoms. The lowest BCUT2D eigenvalue weighted by Gasteiger charge is -2.24. The molecular weight excluding hydrogens is 517 g/mol. The molecule has 4 bridgehead atoms. The van der Waals surface area contributed by atoms with E-state index in [4.69, 9.17) is 2.74 Å². The van der Waals surface area contributed by atoms with E-state index in [0.717, 1.165) is 12.1 Å². The summed E-state index contributed by atoms with van der Waals surface area (Å²) >= 11 is 0. The largest absolute Gasteiger partial charge is 0.418 e. The summed E-state index contributed by atoms with van der Waals surface area (Å²) in [4.78, 5) is 21.7. The van der Waals surface area contributed by atoms with Crippen LogP contribution >= 0.6 is 0 Å². The van der Waals surface area contributed by atoms with Crippen LogP contribution in [0.5, 0.6) is 0 Å². The van der Waals surface area contributed by atoms with E-state index in [-0.39, 0.29) is 34.2 Å². The second-order valence-electron chi connectivity index (χ2n) is 8.95. The molecule has 38 heavy (non-hydrogen) atoms. The van der Waals surface area contributed by atoms with Gasteiger partial charge in [-0.15, -0.1) is 0 Å². The van der Waals surface area contributed by atoms with Crippen LogP contribution in [-0.2, 0) is 27.4 Å².